The zero-order valence-corrected chi connectivity index (χ0v) is 17.9. The molecule has 2 heterocycles. The van der Waals surface area contributed by atoms with Crippen LogP contribution in [0.3, 0.4) is 0 Å². The number of hydrogen-bond donors (Lipinski definition) is 0. The summed E-state index contributed by atoms with van der Waals surface area (Å²) >= 11 is 0. The Morgan fingerprint density at radius 3 is 1.13 bits per heavy atom. The van der Waals surface area contributed by atoms with Gasteiger partial charge in [0.15, 0.2) is 14.3 Å². The monoisotopic (exact) mass is 424 g/mol. The molecule has 4 heteroatoms. The van der Waals surface area contributed by atoms with Crippen molar-refractivity contribution >= 4 is 46.1 Å². The molecule has 144 valence electrons. The molecular formula is C26H18O2P2. The zero-order chi connectivity index (χ0) is 20.3. The first kappa shape index (κ1) is 17.9. The summed E-state index contributed by atoms with van der Waals surface area (Å²) in [4.78, 5) is 0. The largest absolute Gasteiger partial charge is 0.309 e. The Bertz CT molecular complexity index is 1330. The van der Waals surface area contributed by atoms with Crippen LogP contribution in [-0.2, 0) is 9.13 Å². The van der Waals surface area contributed by atoms with Crippen molar-refractivity contribution in [3.8, 4) is 0 Å². The lowest BCUT2D eigenvalue weighted by atomic mass is 10.1. The maximum Gasteiger partial charge on any atom is 0.173 e. The lowest BCUT2D eigenvalue weighted by Gasteiger charge is -2.21. The van der Waals surface area contributed by atoms with E-state index in [1.165, 1.54) is 0 Å². The van der Waals surface area contributed by atoms with Gasteiger partial charge in [0.05, 0.1) is 0 Å². The summed E-state index contributed by atoms with van der Waals surface area (Å²) < 4.78 is 29.9. The number of hydrogen-bond acceptors (Lipinski definition) is 2. The second kappa shape index (κ2) is 6.29. The van der Waals surface area contributed by atoms with Gasteiger partial charge in [-0.25, -0.2) is 0 Å². The molecule has 0 saturated heterocycles. The third-order valence-electron chi connectivity index (χ3n) is 6.09. The normalized spacial score (nSPS) is 23.7. The highest BCUT2D eigenvalue weighted by Gasteiger charge is 2.54. The van der Waals surface area contributed by atoms with Crippen molar-refractivity contribution in [1.82, 2.24) is 0 Å². The summed E-state index contributed by atoms with van der Waals surface area (Å²) in [6.45, 7) is 0. The molecule has 0 aliphatic carbocycles. The van der Waals surface area contributed by atoms with Crippen LogP contribution in [0.15, 0.2) is 109 Å². The van der Waals surface area contributed by atoms with Gasteiger partial charge in [0.1, 0.15) is 0 Å². The van der Waals surface area contributed by atoms with Crippen molar-refractivity contribution in [3.63, 3.8) is 0 Å². The second-order valence-corrected chi connectivity index (χ2v) is 12.9. The average Bonchev–Trinajstić information content (AvgIpc) is 3.26. The standard InChI is InChI=1S/C26H18O2P2/c27-29(19-11-3-1-4-12-19)23-17-9-7-15-21(23)26-25(29)22-16-8-10-18-24(22)30(26,28)20-13-5-2-6-14-20/h1-18H/t29-,30-/m0/s1. The minimum Gasteiger partial charge on any atom is -0.309 e. The van der Waals surface area contributed by atoms with Crippen LogP contribution < -0.4 is 21.2 Å². The number of rotatable bonds is 2. The van der Waals surface area contributed by atoms with Crippen LogP contribution in [0.25, 0.3) is 10.6 Å². The highest BCUT2D eigenvalue weighted by Crippen LogP contribution is 2.76. The molecule has 0 amide bonds. The summed E-state index contributed by atoms with van der Waals surface area (Å²) in [7, 11) is -6.28. The van der Waals surface area contributed by atoms with Gasteiger partial charge in [-0.15, -0.1) is 0 Å². The molecule has 2 atom stereocenters. The van der Waals surface area contributed by atoms with Gasteiger partial charge in [-0.3, -0.25) is 0 Å². The Morgan fingerprint density at radius 1 is 0.400 bits per heavy atom. The van der Waals surface area contributed by atoms with E-state index in [1.54, 1.807) is 0 Å². The Kier molecular flexibility index (Phi) is 3.75. The van der Waals surface area contributed by atoms with Gasteiger partial charge < -0.3 is 9.13 Å². The van der Waals surface area contributed by atoms with E-state index < -0.39 is 14.3 Å². The van der Waals surface area contributed by atoms with Crippen molar-refractivity contribution in [2.75, 3.05) is 0 Å². The van der Waals surface area contributed by atoms with Gasteiger partial charge in [-0.1, -0.05) is 109 Å². The van der Waals surface area contributed by atoms with Gasteiger partial charge in [-0.05, 0) is 11.1 Å². The fourth-order valence-electron chi connectivity index (χ4n) is 4.84. The van der Waals surface area contributed by atoms with E-state index in [4.69, 9.17) is 0 Å². The molecule has 0 radical (unpaired) electrons. The fraction of sp³-hybridized carbons (Fsp3) is 0. The lowest BCUT2D eigenvalue weighted by molar-refractivity contribution is 0.592. The van der Waals surface area contributed by atoms with E-state index in [0.717, 1.165) is 43.0 Å². The summed E-state index contributed by atoms with van der Waals surface area (Å²) in [5, 5.41) is 4.70. The first-order chi connectivity index (χ1) is 14.7. The minimum absolute atomic E-state index is 0.762. The molecular weight excluding hydrogens is 406 g/mol. The topological polar surface area (TPSA) is 34.1 Å². The summed E-state index contributed by atoms with van der Waals surface area (Å²) in [5.74, 6) is 0. The quantitative estimate of drug-likeness (QED) is 0.416. The lowest BCUT2D eigenvalue weighted by Crippen LogP contribution is -2.20. The van der Waals surface area contributed by atoms with Gasteiger partial charge in [0.25, 0.3) is 0 Å². The van der Waals surface area contributed by atoms with Crippen molar-refractivity contribution < 1.29 is 9.13 Å². The molecule has 0 unspecified atom stereocenters. The smallest absolute Gasteiger partial charge is 0.173 e. The first-order valence-corrected chi connectivity index (χ1v) is 13.3. The molecule has 0 bridgehead atoms. The second-order valence-electron chi connectivity index (χ2n) is 7.62. The molecule has 2 aliphatic heterocycles. The Balaban J connectivity index is 1.80. The molecule has 0 aromatic heterocycles. The van der Waals surface area contributed by atoms with Crippen LogP contribution >= 0.6 is 14.3 Å². The van der Waals surface area contributed by atoms with Crippen LogP contribution in [0.1, 0.15) is 11.1 Å². The van der Waals surface area contributed by atoms with Crippen LogP contribution in [0.4, 0.5) is 0 Å². The van der Waals surface area contributed by atoms with E-state index in [2.05, 4.69) is 0 Å². The van der Waals surface area contributed by atoms with Crippen LogP contribution in [0, 0.1) is 0 Å². The maximum absolute atomic E-state index is 15.0. The Morgan fingerprint density at radius 2 is 0.733 bits per heavy atom. The predicted molar refractivity (Wildman–Crippen MR) is 126 cm³/mol. The molecule has 0 spiro atoms. The molecule has 30 heavy (non-hydrogen) atoms. The van der Waals surface area contributed by atoms with E-state index in [1.807, 2.05) is 109 Å². The highest BCUT2D eigenvalue weighted by molar-refractivity contribution is 7.96. The van der Waals surface area contributed by atoms with Crippen LogP contribution in [0.2, 0.25) is 0 Å². The molecule has 6 rings (SSSR count). The predicted octanol–water partition coefficient (Wildman–Crippen LogP) is 5.17. The Labute approximate surface area is 175 Å². The Hall–Kier alpha value is -2.92. The van der Waals surface area contributed by atoms with E-state index >= 15 is 0 Å². The maximum atomic E-state index is 15.0. The van der Waals surface area contributed by atoms with Crippen LogP contribution in [0.5, 0.6) is 0 Å². The molecule has 0 saturated carbocycles. The summed E-state index contributed by atoms with van der Waals surface area (Å²) in [5.41, 5.74) is 1.73. The molecule has 2 nitrogen and oxygen atoms in total. The summed E-state index contributed by atoms with van der Waals surface area (Å²) in [6.07, 6.45) is 0. The fourth-order valence-corrected chi connectivity index (χ4v) is 12.2. The van der Waals surface area contributed by atoms with Crippen molar-refractivity contribution in [3.05, 3.63) is 120 Å². The van der Waals surface area contributed by atoms with E-state index in [-0.39, 0.29) is 0 Å². The molecule has 0 N–H and O–H groups in total. The number of fused-ring (bicyclic) bond motifs is 4. The third-order valence-corrected chi connectivity index (χ3v) is 12.6. The first-order valence-electron chi connectivity index (χ1n) is 9.93. The molecule has 4 aromatic carbocycles. The SMILES string of the molecule is O=[P@]1(c2ccccc2)C2=C(c3ccccc31)[P@](=O)(c1ccccc1)c1ccccc12. The molecule has 2 aliphatic rings. The van der Waals surface area contributed by atoms with Gasteiger partial charge in [0, 0.05) is 31.8 Å². The van der Waals surface area contributed by atoms with Crippen LogP contribution in [-0.4, -0.2) is 0 Å². The van der Waals surface area contributed by atoms with Crippen molar-refractivity contribution in [1.29, 1.82) is 0 Å². The molecule has 0 fully saturated rings. The molecule has 4 aromatic rings. The third kappa shape index (κ3) is 2.11. The van der Waals surface area contributed by atoms with Gasteiger partial charge >= 0.3 is 0 Å². The van der Waals surface area contributed by atoms with E-state index in [0.29, 0.717) is 0 Å². The average molecular weight is 424 g/mol. The minimum atomic E-state index is -3.14. The highest BCUT2D eigenvalue weighted by atomic mass is 31.2. The van der Waals surface area contributed by atoms with Gasteiger partial charge in [0.2, 0.25) is 0 Å². The van der Waals surface area contributed by atoms with E-state index in [9.17, 15) is 9.13 Å². The van der Waals surface area contributed by atoms with Crippen molar-refractivity contribution in [2.45, 2.75) is 0 Å². The zero-order valence-electron chi connectivity index (χ0n) is 16.1. The number of benzene rings is 4. The summed E-state index contributed by atoms with van der Waals surface area (Å²) in [6, 6.07) is 34.9. The van der Waals surface area contributed by atoms with Gasteiger partial charge in [-0.2, -0.15) is 0 Å². The van der Waals surface area contributed by atoms with Crippen molar-refractivity contribution in [2.24, 2.45) is 0 Å².